The SMILES string of the molecule is COc1ccc(N2C(=O)[C@@H]3[C@H](c4ccc(OC)cc4O)N[C@@](CC(C)C)(C(=O)O)[C@H]3C2=O)cc1. The van der Waals surface area contributed by atoms with Gasteiger partial charge in [0.2, 0.25) is 11.8 Å². The summed E-state index contributed by atoms with van der Waals surface area (Å²) in [6.45, 7) is 3.73. The maximum atomic E-state index is 13.7. The Kier molecular flexibility index (Phi) is 5.99. The molecule has 4 atom stereocenters. The van der Waals surface area contributed by atoms with E-state index in [9.17, 15) is 24.6 Å². The van der Waals surface area contributed by atoms with Crippen molar-refractivity contribution in [3.63, 3.8) is 0 Å². The third-order valence-corrected chi connectivity index (χ3v) is 6.67. The van der Waals surface area contributed by atoms with Crippen molar-refractivity contribution < 1.29 is 34.1 Å². The van der Waals surface area contributed by atoms with E-state index in [1.165, 1.54) is 20.3 Å². The second-order valence-corrected chi connectivity index (χ2v) is 9.13. The molecule has 3 N–H and O–H groups in total. The fourth-order valence-electron chi connectivity index (χ4n) is 5.28. The summed E-state index contributed by atoms with van der Waals surface area (Å²) in [5.74, 6) is -3.70. The number of rotatable bonds is 7. The molecule has 34 heavy (non-hydrogen) atoms. The van der Waals surface area contributed by atoms with Crippen LogP contribution >= 0.6 is 0 Å². The van der Waals surface area contributed by atoms with Crippen molar-refractivity contribution in [2.24, 2.45) is 17.8 Å². The minimum Gasteiger partial charge on any atom is -0.507 e. The number of ether oxygens (including phenoxy) is 2. The summed E-state index contributed by atoms with van der Waals surface area (Å²) >= 11 is 0. The zero-order chi connectivity index (χ0) is 24.8. The number of phenols is 1. The van der Waals surface area contributed by atoms with E-state index in [1.807, 2.05) is 13.8 Å². The number of aliphatic carboxylic acids is 1. The Labute approximate surface area is 197 Å². The summed E-state index contributed by atoms with van der Waals surface area (Å²) in [5, 5.41) is 24.2. The number of fused-ring (bicyclic) bond motifs is 1. The average Bonchev–Trinajstić information content (AvgIpc) is 3.27. The quantitative estimate of drug-likeness (QED) is 0.530. The summed E-state index contributed by atoms with van der Waals surface area (Å²) < 4.78 is 10.3. The van der Waals surface area contributed by atoms with Crippen LogP contribution in [0.3, 0.4) is 0 Å². The van der Waals surface area contributed by atoms with Crippen LogP contribution in [-0.2, 0) is 14.4 Å². The highest BCUT2D eigenvalue weighted by Gasteiger charge is 2.68. The Morgan fingerprint density at radius 3 is 2.21 bits per heavy atom. The Morgan fingerprint density at radius 1 is 1.06 bits per heavy atom. The van der Waals surface area contributed by atoms with Gasteiger partial charge in [0.15, 0.2) is 0 Å². The molecule has 9 nitrogen and oxygen atoms in total. The molecule has 0 spiro atoms. The Hall–Kier alpha value is -3.59. The third-order valence-electron chi connectivity index (χ3n) is 6.67. The number of nitrogens with zero attached hydrogens (tertiary/aromatic N) is 1. The van der Waals surface area contributed by atoms with Crippen LogP contribution in [0.5, 0.6) is 17.2 Å². The number of carbonyl (C=O) groups excluding carboxylic acids is 2. The van der Waals surface area contributed by atoms with E-state index >= 15 is 0 Å². The molecule has 0 aliphatic carbocycles. The number of aromatic hydroxyl groups is 1. The lowest BCUT2D eigenvalue weighted by atomic mass is 9.75. The summed E-state index contributed by atoms with van der Waals surface area (Å²) in [5.41, 5.74) is -1.00. The second kappa shape index (κ2) is 8.64. The Morgan fingerprint density at radius 2 is 1.68 bits per heavy atom. The van der Waals surface area contributed by atoms with Gasteiger partial charge in [0.05, 0.1) is 31.7 Å². The Balaban J connectivity index is 1.85. The molecule has 2 heterocycles. The first-order chi connectivity index (χ1) is 16.1. The largest absolute Gasteiger partial charge is 0.507 e. The fraction of sp³-hybridized carbons (Fsp3) is 0.400. The smallest absolute Gasteiger partial charge is 0.324 e. The minimum absolute atomic E-state index is 0.0783. The van der Waals surface area contributed by atoms with Crippen LogP contribution in [0.25, 0.3) is 0 Å². The van der Waals surface area contributed by atoms with Crippen LogP contribution in [0.1, 0.15) is 31.9 Å². The topological polar surface area (TPSA) is 125 Å². The monoisotopic (exact) mass is 468 g/mol. The molecule has 2 aliphatic rings. The highest BCUT2D eigenvalue weighted by molar-refractivity contribution is 6.24. The molecule has 2 aromatic carbocycles. The van der Waals surface area contributed by atoms with Crippen molar-refractivity contribution in [2.75, 3.05) is 19.1 Å². The van der Waals surface area contributed by atoms with Crippen LogP contribution in [0, 0.1) is 17.8 Å². The molecule has 0 saturated carbocycles. The van der Waals surface area contributed by atoms with Crippen LogP contribution in [0.15, 0.2) is 42.5 Å². The number of hydrogen-bond acceptors (Lipinski definition) is 7. The average molecular weight is 469 g/mol. The first-order valence-electron chi connectivity index (χ1n) is 11.0. The number of methoxy groups -OCH3 is 2. The number of nitrogens with one attached hydrogen (secondary N) is 1. The van der Waals surface area contributed by atoms with Gasteiger partial charge < -0.3 is 19.7 Å². The number of amides is 2. The van der Waals surface area contributed by atoms with Crippen LogP contribution in [-0.4, -0.2) is 47.8 Å². The first kappa shape index (κ1) is 23.6. The van der Waals surface area contributed by atoms with Crippen molar-refractivity contribution in [1.29, 1.82) is 0 Å². The molecule has 0 bridgehead atoms. The van der Waals surface area contributed by atoms with Crippen LogP contribution < -0.4 is 19.7 Å². The molecule has 180 valence electrons. The van der Waals surface area contributed by atoms with Gasteiger partial charge in [0.25, 0.3) is 0 Å². The third kappa shape index (κ3) is 3.56. The minimum atomic E-state index is -1.68. The van der Waals surface area contributed by atoms with Crippen molar-refractivity contribution in [3.8, 4) is 17.2 Å². The van der Waals surface area contributed by atoms with E-state index in [0.717, 1.165) is 4.90 Å². The number of carbonyl (C=O) groups is 3. The van der Waals surface area contributed by atoms with Gasteiger partial charge in [0, 0.05) is 17.7 Å². The molecule has 0 aromatic heterocycles. The standard InChI is InChI=1S/C25H28N2O7/c1-13(2)12-25(24(31)32)20-19(21(26-25)17-10-9-16(34-4)11-18(17)28)22(29)27(23(20)30)14-5-7-15(33-3)8-6-14/h5-11,13,19-21,26,28H,12H2,1-4H3,(H,31,32)/t19-,20+,21-,25+/m0/s1. The van der Waals surface area contributed by atoms with Crippen LogP contribution in [0.4, 0.5) is 5.69 Å². The molecule has 9 heteroatoms. The molecular weight excluding hydrogens is 440 g/mol. The highest BCUT2D eigenvalue weighted by Crippen LogP contribution is 2.53. The number of anilines is 1. The second-order valence-electron chi connectivity index (χ2n) is 9.13. The number of phenolic OH excluding ortho intramolecular Hbond substituents is 1. The summed E-state index contributed by atoms with van der Waals surface area (Å²) in [7, 11) is 2.97. The normalized spacial score (nSPS) is 26.1. The molecule has 0 unspecified atom stereocenters. The predicted molar refractivity (Wildman–Crippen MR) is 123 cm³/mol. The van der Waals surface area contributed by atoms with Crippen molar-refractivity contribution in [2.45, 2.75) is 31.8 Å². The maximum absolute atomic E-state index is 13.7. The van der Waals surface area contributed by atoms with Gasteiger partial charge in [-0.05, 0) is 42.7 Å². The molecule has 4 rings (SSSR count). The molecule has 2 aromatic rings. The number of carboxylic acids is 1. The van der Waals surface area contributed by atoms with E-state index in [-0.39, 0.29) is 18.1 Å². The van der Waals surface area contributed by atoms with Gasteiger partial charge in [-0.25, -0.2) is 4.90 Å². The van der Waals surface area contributed by atoms with Crippen molar-refractivity contribution in [3.05, 3.63) is 48.0 Å². The van der Waals surface area contributed by atoms with Gasteiger partial charge in [-0.1, -0.05) is 19.9 Å². The van der Waals surface area contributed by atoms with E-state index in [1.54, 1.807) is 36.4 Å². The molecular formula is C25H28N2O7. The fourth-order valence-corrected chi connectivity index (χ4v) is 5.28. The number of benzene rings is 2. The summed E-state index contributed by atoms with van der Waals surface area (Å²) in [6.07, 6.45) is 0.131. The lowest BCUT2D eigenvalue weighted by Gasteiger charge is -2.32. The molecule has 0 radical (unpaired) electrons. The molecule has 2 saturated heterocycles. The van der Waals surface area contributed by atoms with Gasteiger partial charge in [-0.2, -0.15) is 0 Å². The number of hydrogen-bond donors (Lipinski definition) is 3. The van der Waals surface area contributed by atoms with Crippen molar-refractivity contribution >= 4 is 23.5 Å². The summed E-state index contributed by atoms with van der Waals surface area (Å²) in [6, 6.07) is 10.2. The van der Waals surface area contributed by atoms with Crippen molar-refractivity contribution in [1.82, 2.24) is 5.32 Å². The van der Waals surface area contributed by atoms with E-state index in [4.69, 9.17) is 9.47 Å². The van der Waals surface area contributed by atoms with Gasteiger partial charge in [-0.15, -0.1) is 0 Å². The predicted octanol–water partition coefficient (Wildman–Crippen LogP) is 2.73. The van der Waals surface area contributed by atoms with Gasteiger partial charge >= 0.3 is 5.97 Å². The molecule has 2 amide bonds. The highest BCUT2D eigenvalue weighted by atomic mass is 16.5. The van der Waals surface area contributed by atoms with Crippen LogP contribution in [0.2, 0.25) is 0 Å². The number of carboxylic acid groups (broad SMARTS) is 1. The maximum Gasteiger partial charge on any atom is 0.324 e. The van der Waals surface area contributed by atoms with E-state index in [0.29, 0.717) is 22.7 Å². The Bertz CT molecular complexity index is 1130. The number of imide groups is 1. The first-order valence-corrected chi connectivity index (χ1v) is 11.0. The lowest BCUT2D eigenvalue weighted by Crippen LogP contribution is -2.56. The lowest BCUT2D eigenvalue weighted by molar-refractivity contribution is -0.149. The summed E-state index contributed by atoms with van der Waals surface area (Å²) in [4.78, 5) is 41.2. The van der Waals surface area contributed by atoms with E-state index in [2.05, 4.69) is 5.32 Å². The molecule has 2 fully saturated rings. The van der Waals surface area contributed by atoms with Gasteiger partial charge in [-0.3, -0.25) is 19.7 Å². The zero-order valence-electron chi connectivity index (χ0n) is 19.4. The van der Waals surface area contributed by atoms with E-state index < -0.39 is 41.2 Å². The zero-order valence-corrected chi connectivity index (χ0v) is 19.4. The van der Waals surface area contributed by atoms with Gasteiger partial charge in [0.1, 0.15) is 22.8 Å². The molecule has 2 aliphatic heterocycles.